The van der Waals surface area contributed by atoms with Crippen LogP contribution >= 0.6 is 34.5 Å². The predicted molar refractivity (Wildman–Crippen MR) is 77.7 cm³/mol. The van der Waals surface area contributed by atoms with Gasteiger partial charge in [-0.1, -0.05) is 11.6 Å². The van der Waals surface area contributed by atoms with Crippen molar-refractivity contribution in [2.75, 3.05) is 0 Å². The average molecular weight is 315 g/mol. The van der Waals surface area contributed by atoms with Crippen LogP contribution in [0.1, 0.15) is 10.7 Å². The van der Waals surface area contributed by atoms with Gasteiger partial charge >= 0.3 is 0 Å². The second-order valence-corrected chi connectivity index (χ2v) is 6.15. The summed E-state index contributed by atoms with van der Waals surface area (Å²) in [6, 6.07) is 8.41. The van der Waals surface area contributed by atoms with Crippen molar-refractivity contribution in [1.82, 2.24) is 9.55 Å². The molecule has 1 aromatic carbocycles. The standard InChI is InChI=1S/C13H9Cl2FN2S/c14-6-13-17-10-5-8(16)1-3-11(10)18(13)7-9-2-4-12(15)19-9/h1-5H,6-7H2. The fourth-order valence-corrected chi connectivity index (χ4v) is 3.30. The first-order valence-corrected chi connectivity index (χ1v) is 7.35. The number of thiophene rings is 1. The molecule has 0 aliphatic heterocycles. The van der Waals surface area contributed by atoms with E-state index < -0.39 is 0 Å². The molecule has 6 heteroatoms. The number of hydrogen-bond acceptors (Lipinski definition) is 2. The van der Waals surface area contributed by atoms with Crippen molar-refractivity contribution in [3.8, 4) is 0 Å². The molecule has 0 saturated heterocycles. The molecular weight excluding hydrogens is 306 g/mol. The average Bonchev–Trinajstić information content (AvgIpc) is 2.94. The van der Waals surface area contributed by atoms with E-state index in [2.05, 4.69) is 4.98 Å². The van der Waals surface area contributed by atoms with Crippen LogP contribution in [0.15, 0.2) is 30.3 Å². The van der Waals surface area contributed by atoms with E-state index in [0.29, 0.717) is 12.1 Å². The van der Waals surface area contributed by atoms with Crippen molar-refractivity contribution in [3.63, 3.8) is 0 Å². The summed E-state index contributed by atoms with van der Waals surface area (Å²) >= 11 is 13.4. The number of hydrogen-bond donors (Lipinski definition) is 0. The summed E-state index contributed by atoms with van der Waals surface area (Å²) < 4.78 is 16.0. The molecule has 0 spiro atoms. The number of aromatic nitrogens is 2. The van der Waals surface area contributed by atoms with Gasteiger partial charge in [-0.05, 0) is 24.3 Å². The summed E-state index contributed by atoms with van der Waals surface area (Å²) in [5.74, 6) is 0.722. The van der Waals surface area contributed by atoms with Gasteiger partial charge in [0.25, 0.3) is 0 Å². The van der Waals surface area contributed by atoms with Gasteiger partial charge in [-0.15, -0.1) is 22.9 Å². The van der Waals surface area contributed by atoms with E-state index in [1.807, 2.05) is 16.7 Å². The maximum atomic E-state index is 13.2. The van der Waals surface area contributed by atoms with E-state index in [9.17, 15) is 4.39 Å². The zero-order valence-corrected chi connectivity index (χ0v) is 12.1. The third kappa shape index (κ3) is 2.48. The predicted octanol–water partition coefficient (Wildman–Crippen LogP) is 4.68. The van der Waals surface area contributed by atoms with Gasteiger partial charge in [0.2, 0.25) is 0 Å². The lowest BCUT2D eigenvalue weighted by molar-refractivity contribution is 0.629. The summed E-state index contributed by atoms with van der Waals surface area (Å²) in [6.07, 6.45) is 0. The minimum atomic E-state index is -0.294. The molecule has 0 N–H and O–H groups in total. The Balaban J connectivity index is 2.10. The number of fused-ring (bicyclic) bond motifs is 1. The highest BCUT2D eigenvalue weighted by atomic mass is 35.5. The molecule has 0 radical (unpaired) electrons. The first kappa shape index (κ1) is 12.9. The Morgan fingerprint density at radius 2 is 2.11 bits per heavy atom. The Labute approximate surface area is 123 Å². The van der Waals surface area contributed by atoms with Crippen molar-refractivity contribution in [2.24, 2.45) is 0 Å². The number of halogens is 3. The number of imidazole rings is 1. The molecule has 3 aromatic rings. The van der Waals surface area contributed by atoms with Crippen LogP contribution in [0.2, 0.25) is 4.34 Å². The molecule has 2 nitrogen and oxygen atoms in total. The molecule has 0 aliphatic carbocycles. The molecule has 2 aromatic heterocycles. The van der Waals surface area contributed by atoms with Crippen molar-refractivity contribution in [3.05, 3.63) is 51.2 Å². The molecule has 0 fully saturated rings. The third-order valence-corrected chi connectivity index (χ3v) is 4.31. The van der Waals surface area contributed by atoms with Gasteiger partial charge in [0.05, 0.1) is 27.8 Å². The number of rotatable bonds is 3. The first-order valence-electron chi connectivity index (χ1n) is 5.62. The van der Waals surface area contributed by atoms with Gasteiger partial charge in [-0.25, -0.2) is 9.37 Å². The van der Waals surface area contributed by atoms with Crippen molar-refractivity contribution in [1.29, 1.82) is 0 Å². The Bertz CT molecular complexity index is 735. The number of alkyl halides is 1. The molecule has 0 unspecified atom stereocenters. The molecule has 0 atom stereocenters. The molecule has 0 amide bonds. The Hall–Kier alpha value is -1.10. The van der Waals surface area contributed by atoms with E-state index in [-0.39, 0.29) is 11.7 Å². The molecule has 3 rings (SSSR count). The first-order chi connectivity index (χ1) is 9.17. The Morgan fingerprint density at radius 3 is 2.79 bits per heavy atom. The number of benzene rings is 1. The molecule has 0 aliphatic rings. The van der Waals surface area contributed by atoms with E-state index >= 15 is 0 Å². The molecule has 0 bridgehead atoms. The van der Waals surface area contributed by atoms with Crippen molar-refractivity contribution in [2.45, 2.75) is 12.4 Å². The lowest BCUT2D eigenvalue weighted by Crippen LogP contribution is -2.02. The smallest absolute Gasteiger partial charge is 0.125 e. The van der Waals surface area contributed by atoms with Crippen LogP contribution in [-0.4, -0.2) is 9.55 Å². The van der Waals surface area contributed by atoms with Crippen LogP contribution in [0.5, 0.6) is 0 Å². The normalized spacial score (nSPS) is 11.3. The van der Waals surface area contributed by atoms with E-state index in [4.69, 9.17) is 23.2 Å². The molecule has 0 saturated carbocycles. The third-order valence-electron chi connectivity index (χ3n) is 2.85. The van der Waals surface area contributed by atoms with Crippen LogP contribution in [0.3, 0.4) is 0 Å². The maximum absolute atomic E-state index is 13.2. The van der Waals surface area contributed by atoms with E-state index in [1.54, 1.807) is 6.07 Å². The second kappa shape index (κ2) is 5.12. The molecule has 98 valence electrons. The number of nitrogens with zero attached hydrogens (tertiary/aromatic N) is 2. The van der Waals surface area contributed by atoms with Gasteiger partial charge in [0.15, 0.2) is 0 Å². The molecule has 2 heterocycles. The fraction of sp³-hybridized carbons (Fsp3) is 0.154. The van der Waals surface area contributed by atoms with Crippen LogP contribution < -0.4 is 0 Å². The minimum Gasteiger partial charge on any atom is -0.322 e. The summed E-state index contributed by atoms with van der Waals surface area (Å²) in [5.41, 5.74) is 1.50. The largest absolute Gasteiger partial charge is 0.322 e. The van der Waals surface area contributed by atoms with E-state index in [1.165, 1.54) is 23.5 Å². The Morgan fingerprint density at radius 1 is 1.26 bits per heavy atom. The van der Waals surface area contributed by atoms with Gasteiger partial charge < -0.3 is 4.57 Å². The molecule has 19 heavy (non-hydrogen) atoms. The molecular formula is C13H9Cl2FN2S. The summed E-state index contributed by atoms with van der Waals surface area (Å²) in [5, 5.41) is 0. The highest BCUT2D eigenvalue weighted by Crippen LogP contribution is 2.25. The highest BCUT2D eigenvalue weighted by Gasteiger charge is 2.11. The summed E-state index contributed by atoms with van der Waals surface area (Å²) in [4.78, 5) is 5.47. The lowest BCUT2D eigenvalue weighted by atomic mass is 10.3. The maximum Gasteiger partial charge on any atom is 0.125 e. The van der Waals surface area contributed by atoms with Crippen LogP contribution in [-0.2, 0) is 12.4 Å². The van der Waals surface area contributed by atoms with Crippen LogP contribution in [0.25, 0.3) is 11.0 Å². The van der Waals surface area contributed by atoms with Gasteiger partial charge in [0, 0.05) is 10.9 Å². The fourth-order valence-electron chi connectivity index (χ4n) is 2.02. The summed E-state index contributed by atoms with van der Waals surface area (Å²) in [7, 11) is 0. The summed E-state index contributed by atoms with van der Waals surface area (Å²) in [6.45, 7) is 0.640. The van der Waals surface area contributed by atoms with Gasteiger partial charge in [0.1, 0.15) is 11.6 Å². The van der Waals surface area contributed by atoms with Crippen molar-refractivity contribution < 1.29 is 4.39 Å². The lowest BCUT2D eigenvalue weighted by Gasteiger charge is -2.05. The van der Waals surface area contributed by atoms with Crippen molar-refractivity contribution >= 4 is 45.6 Å². The van der Waals surface area contributed by atoms with Gasteiger partial charge in [-0.2, -0.15) is 0 Å². The van der Waals surface area contributed by atoms with E-state index in [0.717, 1.165) is 20.6 Å². The van der Waals surface area contributed by atoms with Crippen LogP contribution in [0, 0.1) is 5.82 Å². The van der Waals surface area contributed by atoms with Crippen LogP contribution in [0.4, 0.5) is 4.39 Å². The zero-order valence-electron chi connectivity index (χ0n) is 9.74. The topological polar surface area (TPSA) is 17.8 Å². The SMILES string of the molecule is Fc1ccc2c(c1)nc(CCl)n2Cc1ccc(Cl)s1. The second-order valence-electron chi connectivity index (χ2n) is 4.09. The highest BCUT2D eigenvalue weighted by molar-refractivity contribution is 7.16. The van der Waals surface area contributed by atoms with Gasteiger partial charge in [-0.3, -0.25) is 0 Å². The zero-order chi connectivity index (χ0) is 13.4. The quantitative estimate of drug-likeness (QED) is 0.642. The Kier molecular flexibility index (Phi) is 3.48. The monoisotopic (exact) mass is 314 g/mol. The minimum absolute atomic E-state index is 0.287.